The van der Waals surface area contributed by atoms with Crippen molar-refractivity contribution in [2.24, 2.45) is 0 Å². The second kappa shape index (κ2) is 5.13. The zero-order valence-corrected chi connectivity index (χ0v) is 11.6. The number of aryl methyl sites for hydroxylation is 1. The number of nitrogens with one attached hydrogen (secondary N) is 1. The first-order valence-corrected chi connectivity index (χ1v) is 6.96. The Balaban J connectivity index is 2.07. The lowest BCUT2D eigenvalue weighted by molar-refractivity contribution is 0.533. The highest BCUT2D eigenvalue weighted by Crippen LogP contribution is 2.29. The Morgan fingerprint density at radius 1 is 1.37 bits per heavy atom. The normalized spacial score (nSPS) is 18.9. The van der Waals surface area contributed by atoms with Crippen molar-refractivity contribution in [1.29, 1.82) is 0 Å². The predicted molar refractivity (Wildman–Crippen MR) is 75.5 cm³/mol. The molecule has 0 aromatic carbocycles. The van der Waals surface area contributed by atoms with Crippen molar-refractivity contribution >= 4 is 0 Å². The molecule has 0 aliphatic heterocycles. The molecule has 100 valence electrons. The van der Waals surface area contributed by atoms with Gasteiger partial charge in [0.2, 0.25) is 0 Å². The third kappa shape index (κ3) is 2.28. The molecule has 0 fully saturated rings. The highest BCUT2D eigenvalue weighted by Gasteiger charge is 2.22. The minimum atomic E-state index is 0.427. The van der Waals surface area contributed by atoms with E-state index in [9.17, 15) is 0 Å². The third-order valence-corrected chi connectivity index (χ3v) is 3.90. The molecule has 0 radical (unpaired) electrons. The molecule has 2 heterocycles. The molecule has 4 heteroatoms. The zero-order valence-electron chi connectivity index (χ0n) is 11.6. The minimum Gasteiger partial charge on any atom is -0.313 e. The lowest BCUT2D eigenvalue weighted by Gasteiger charge is -2.13. The second-order valence-corrected chi connectivity index (χ2v) is 5.24. The van der Waals surface area contributed by atoms with Gasteiger partial charge < -0.3 is 5.32 Å². The van der Waals surface area contributed by atoms with Crippen molar-refractivity contribution in [2.75, 3.05) is 7.05 Å². The number of aromatic nitrogens is 3. The SMILES string of the molecule is CNC1CCCCc2c1cnn2-c1cc(C)ccn1. The second-order valence-electron chi connectivity index (χ2n) is 5.24. The van der Waals surface area contributed by atoms with Gasteiger partial charge in [-0.2, -0.15) is 5.10 Å². The standard InChI is InChI=1S/C15H20N4/c1-11-7-8-17-15(9-11)19-14-6-4-3-5-13(16-2)12(14)10-18-19/h7-10,13,16H,3-6H2,1-2H3. The van der Waals surface area contributed by atoms with Crippen molar-refractivity contribution in [3.8, 4) is 5.82 Å². The van der Waals surface area contributed by atoms with E-state index in [1.54, 1.807) is 0 Å². The Bertz CT molecular complexity index is 573. The van der Waals surface area contributed by atoms with Gasteiger partial charge in [0.05, 0.1) is 11.9 Å². The van der Waals surface area contributed by atoms with E-state index in [-0.39, 0.29) is 0 Å². The van der Waals surface area contributed by atoms with Crippen molar-refractivity contribution in [3.63, 3.8) is 0 Å². The summed E-state index contributed by atoms with van der Waals surface area (Å²) in [4.78, 5) is 4.45. The zero-order chi connectivity index (χ0) is 13.2. The van der Waals surface area contributed by atoms with Crippen LogP contribution in [0.4, 0.5) is 0 Å². The summed E-state index contributed by atoms with van der Waals surface area (Å²) in [6, 6.07) is 4.53. The minimum absolute atomic E-state index is 0.427. The molecule has 19 heavy (non-hydrogen) atoms. The van der Waals surface area contributed by atoms with Gasteiger partial charge in [-0.25, -0.2) is 9.67 Å². The van der Waals surface area contributed by atoms with E-state index in [2.05, 4.69) is 28.4 Å². The number of fused-ring (bicyclic) bond motifs is 1. The molecule has 1 N–H and O–H groups in total. The first-order chi connectivity index (χ1) is 9.29. The molecule has 0 saturated carbocycles. The summed E-state index contributed by atoms with van der Waals surface area (Å²) >= 11 is 0. The molecule has 1 aliphatic carbocycles. The molecule has 0 bridgehead atoms. The van der Waals surface area contributed by atoms with Crippen LogP contribution in [0.25, 0.3) is 5.82 Å². The van der Waals surface area contributed by atoms with Gasteiger partial charge in [0.15, 0.2) is 5.82 Å². The van der Waals surface area contributed by atoms with Crippen LogP contribution < -0.4 is 5.32 Å². The van der Waals surface area contributed by atoms with E-state index < -0.39 is 0 Å². The van der Waals surface area contributed by atoms with Gasteiger partial charge in [0.25, 0.3) is 0 Å². The molecule has 2 aromatic rings. The lowest BCUT2D eigenvalue weighted by atomic mass is 10.1. The van der Waals surface area contributed by atoms with E-state index in [0.29, 0.717) is 6.04 Å². The maximum Gasteiger partial charge on any atom is 0.153 e. The van der Waals surface area contributed by atoms with E-state index >= 15 is 0 Å². The van der Waals surface area contributed by atoms with Gasteiger partial charge in [-0.15, -0.1) is 0 Å². The number of hydrogen-bond acceptors (Lipinski definition) is 3. The first kappa shape index (κ1) is 12.4. The number of rotatable bonds is 2. The maximum absolute atomic E-state index is 4.56. The Labute approximate surface area is 113 Å². The van der Waals surface area contributed by atoms with Crippen molar-refractivity contribution in [2.45, 2.75) is 38.6 Å². The molecule has 0 saturated heterocycles. The van der Waals surface area contributed by atoms with Crippen LogP contribution in [0, 0.1) is 6.92 Å². The summed E-state index contributed by atoms with van der Waals surface area (Å²) in [6.45, 7) is 2.09. The fraction of sp³-hybridized carbons (Fsp3) is 0.467. The largest absolute Gasteiger partial charge is 0.313 e. The van der Waals surface area contributed by atoms with Crippen molar-refractivity contribution < 1.29 is 0 Å². The van der Waals surface area contributed by atoms with Gasteiger partial charge >= 0.3 is 0 Å². The van der Waals surface area contributed by atoms with Crippen LogP contribution in [-0.4, -0.2) is 21.8 Å². The van der Waals surface area contributed by atoms with Crippen LogP contribution in [0.2, 0.25) is 0 Å². The topological polar surface area (TPSA) is 42.7 Å². The molecule has 2 aromatic heterocycles. The molecule has 3 rings (SSSR count). The fourth-order valence-corrected chi connectivity index (χ4v) is 2.86. The Morgan fingerprint density at radius 3 is 3.05 bits per heavy atom. The van der Waals surface area contributed by atoms with Crippen molar-refractivity contribution in [3.05, 3.63) is 41.3 Å². The fourth-order valence-electron chi connectivity index (χ4n) is 2.86. The van der Waals surface area contributed by atoms with E-state index in [1.165, 1.54) is 36.1 Å². The Kier molecular flexibility index (Phi) is 3.34. The van der Waals surface area contributed by atoms with Gasteiger partial charge in [-0.1, -0.05) is 6.42 Å². The molecule has 4 nitrogen and oxygen atoms in total. The van der Waals surface area contributed by atoms with Crippen LogP contribution in [0.3, 0.4) is 0 Å². The molecule has 0 spiro atoms. The molecule has 1 atom stereocenters. The number of nitrogens with zero attached hydrogens (tertiary/aromatic N) is 3. The summed E-state index contributed by atoms with van der Waals surface area (Å²) in [5, 5.41) is 7.97. The highest BCUT2D eigenvalue weighted by molar-refractivity contribution is 5.33. The van der Waals surface area contributed by atoms with Crippen LogP contribution in [0.5, 0.6) is 0 Å². The Morgan fingerprint density at radius 2 is 2.26 bits per heavy atom. The van der Waals surface area contributed by atoms with E-state index in [4.69, 9.17) is 0 Å². The summed E-state index contributed by atoms with van der Waals surface area (Å²) in [7, 11) is 2.03. The van der Waals surface area contributed by atoms with Crippen LogP contribution in [0.15, 0.2) is 24.5 Å². The highest BCUT2D eigenvalue weighted by atomic mass is 15.3. The lowest BCUT2D eigenvalue weighted by Crippen LogP contribution is -2.16. The smallest absolute Gasteiger partial charge is 0.153 e. The summed E-state index contributed by atoms with van der Waals surface area (Å²) in [5.41, 5.74) is 3.87. The van der Waals surface area contributed by atoms with Crippen LogP contribution >= 0.6 is 0 Å². The Hall–Kier alpha value is -1.68. The predicted octanol–water partition coefficient (Wildman–Crippen LogP) is 2.56. The molecule has 1 unspecified atom stereocenters. The molecule has 0 amide bonds. The summed E-state index contributed by atoms with van der Waals surface area (Å²) in [6.07, 6.45) is 8.63. The summed E-state index contributed by atoms with van der Waals surface area (Å²) < 4.78 is 2.01. The average Bonchev–Trinajstić information content (AvgIpc) is 2.72. The number of pyridine rings is 1. The average molecular weight is 256 g/mol. The van der Waals surface area contributed by atoms with Gasteiger partial charge in [-0.05, 0) is 50.9 Å². The van der Waals surface area contributed by atoms with Gasteiger partial charge in [0, 0.05) is 17.8 Å². The quantitative estimate of drug-likeness (QED) is 0.840. The van der Waals surface area contributed by atoms with Crippen LogP contribution in [-0.2, 0) is 6.42 Å². The molecular weight excluding hydrogens is 236 g/mol. The molecular formula is C15H20N4. The number of hydrogen-bond donors (Lipinski definition) is 1. The van der Waals surface area contributed by atoms with E-state index in [0.717, 1.165) is 12.2 Å². The monoisotopic (exact) mass is 256 g/mol. The molecule has 1 aliphatic rings. The first-order valence-electron chi connectivity index (χ1n) is 6.96. The van der Waals surface area contributed by atoms with Gasteiger partial charge in [0.1, 0.15) is 0 Å². The third-order valence-electron chi connectivity index (χ3n) is 3.90. The van der Waals surface area contributed by atoms with E-state index in [1.807, 2.05) is 30.2 Å². The maximum atomic E-state index is 4.56. The van der Waals surface area contributed by atoms with Gasteiger partial charge in [-0.3, -0.25) is 0 Å². The van der Waals surface area contributed by atoms with Crippen LogP contribution in [0.1, 0.15) is 42.1 Å². The summed E-state index contributed by atoms with van der Waals surface area (Å²) in [5.74, 6) is 0.929. The van der Waals surface area contributed by atoms with Crippen molar-refractivity contribution in [1.82, 2.24) is 20.1 Å².